The summed E-state index contributed by atoms with van der Waals surface area (Å²) in [4.78, 5) is 12.7. The minimum absolute atomic E-state index is 0.0215. The number of carbonyl (C=O) groups is 1. The van der Waals surface area contributed by atoms with Crippen LogP contribution in [0.4, 0.5) is 0 Å². The Kier molecular flexibility index (Phi) is 3.83. The molecule has 114 valence electrons. The third-order valence-corrected chi connectivity index (χ3v) is 5.82. The number of hydrogen-bond donors (Lipinski definition) is 2. The molecule has 0 aromatic rings. The Morgan fingerprint density at radius 1 is 1.15 bits per heavy atom. The van der Waals surface area contributed by atoms with Crippen molar-refractivity contribution in [2.75, 3.05) is 6.54 Å². The summed E-state index contributed by atoms with van der Waals surface area (Å²) >= 11 is 0. The Morgan fingerprint density at radius 3 is 2.10 bits per heavy atom. The van der Waals surface area contributed by atoms with E-state index >= 15 is 0 Å². The Morgan fingerprint density at radius 2 is 1.65 bits per heavy atom. The molecule has 4 aliphatic carbocycles. The van der Waals surface area contributed by atoms with Crippen molar-refractivity contribution < 1.29 is 4.79 Å². The monoisotopic (exact) mass is 278 g/mol. The highest BCUT2D eigenvalue weighted by molar-refractivity contribution is 5.83. The zero-order chi connectivity index (χ0) is 14.3. The minimum Gasteiger partial charge on any atom is -0.354 e. The summed E-state index contributed by atoms with van der Waals surface area (Å²) in [6.07, 6.45) is 8.58. The first-order valence-electron chi connectivity index (χ1n) is 8.51. The van der Waals surface area contributed by atoms with Crippen LogP contribution in [0.5, 0.6) is 0 Å². The van der Waals surface area contributed by atoms with Crippen molar-refractivity contribution in [3.63, 3.8) is 0 Å². The van der Waals surface area contributed by atoms with Crippen LogP contribution < -0.4 is 11.1 Å². The molecule has 1 amide bonds. The molecule has 1 atom stereocenters. The molecule has 0 aliphatic heterocycles. The van der Waals surface area contributed by atoms with Gasteiger partial charge in [0.15, 0.2) is 0 Å². The van der Waals surface area contributed by atoms with Gasteiger partial charge in [0.1, 0.15) is 0 Å². The number of hydrogen-bond acceptors (Lipinski definition) is 2. The lowest BCUT2D eigenvalue weighted by molar-refractivity contribution is -0.146. The van der Waals surface area contributed by atoms with Gasteiger partial charge in [-0.15, -0.1) is 0 Å². The van der Waals surface area contributed by atoms with E-state index in [1.807, 2.05) is 0 Å². The Hall–Kier alpha value is -0.570. The molecular weight excluding hydrogens is 248 g/mol. The zero-order valence-electron chi connectivity index (χ0n) is 13.0. The van der Waals surface area contributed by atoms with E-state index in [4.69, 9.17) is 5.73 Å². The van der Waals surface area contributed by atoms with Crippen LogP contribution >= 0.6 is 0 Å². The smallest absolute Gasteiger partial charge is 0.226 e. The van der Waals surface area contributed by atoms with Gasteiger partial charge in [-0.05, 0) is 68.6 Å². The van der Waals surface area contributed by atoms with Crippen molar-refractivity contribution in [1.29, 1.82) is 0 Å². The van der Waals surface area contributed by atoms with Crippen LogP contribution in [-0.4, -0.2) is 18.5 Å². The van der Waals surface area contributed by atoms with Gasteiger partial charge >= 0.3 is 0 Å². The van der Waals surface area contributed by atoms with Crippen LogP contribution in [0.25, 0.3) is 0 Å². The Balaban J connectivity index is 1.57. The maximum absolute atomic E-state index is 12.7. The van der Waals surface area contributed by atoms with E-state index in [1.165, 1.54) is 19.3 Å². The van der Waals surface area contributed by atoms with Crippen LogP contribution in [0.1, 0.15) is 58.8 Å². The fraction of sp³-hybridized carbons (Fsp3) is 0.941. The molecule has 4 bridgehead atoms. The standard InChI is InChI=1S/C17H30N2O/c1-11(2)3-15(18)10-19-16(20)17-7-12-4-13(8-17)6-14(5-12)9-17/h11-15H,3-10,18H2,1-2H3,(H,19,20). The molecule has 4 fully saturated rings. The fourth-order valence-corrected chi connectivity index (χ4v) is 5.49. The van der Waals surface area contributed by atoms with Crippen molar-refractivity contribution in [3.05, 3.63) is 0 Å². The predicted molar refractivity (Wildman–Crippen MR) is 81.0 cm³/mol. The highest BCUT2D eigenvalue weighted by atomic mass is 16.2. The van der Waals surface area contributed by atoms with Gasteiger partial charge < -0.3 is 11.1 Å². The maximum atomic E-state index is 12.7. The van der Waals surface area contributed by atoms with Gasteiger partial charge in [0.2, 0.25) is 5.91 Å². The van der Waals surface area contributed by atoms with Gasteiger partial charge in [-0.3, -0.25) is 4.79 Å². The largest absolute Gasteiger partial charge is 0.354 e. The lowest BCUT2D eigenvalue weighted by Crippen LogP contribution is -2.54. The second-order valence-electron chi connectivity index (χ2n) is 8.30. The molecule has 3 N–H and O–H groups in total. The summed E-state index contributed by atoms with van der Waals surface area (Å²) in [5.74, 6) is 3.40. The average molecular weight is 278 g/mol. The molecule has 3 nitrogen and oxygen atoms in total. The van der Waals surface area contributed by atoms with Gasteiger partial charge in [-0.25, -0.2) is 0 Å². The summed E-state index contributed by atoms with van der Waals surface area (Å²) in [5, 5.41) is 3.18. The topological polar surface area (TPSA) is 55.1 Å². The number of nitrogens with two attached hydrogens (primary N) is 1. The maximum Gasteiger partial charge on any atom is 0.226 e. The van der Waals surface area contributed by atoms with E-state index in [1.54, 1.807) is 0 Å². The molecule has 0 saturated heterocycles. The normalized spacial score (nSPS) is 40.1. The molecule has 20 heavy (non-hydrogen) atoms. The summed E-state index contributed by atoms with van der Waals surface area (Å²) in [7, 11) is 0. The molecular formula is C17H30N2O. The first-order chi connectivity index (χ1) is 9.47. The summed E-state index contributed by atoms with van der Waals surface area (Å²) in [5.41, 5.74) is 6.08. The number of carbonyl (C=O) groups excluding carboxylic acids is 1. The zero-order valence-corrected chi connectivity index (χ0v) is 13.0. The van der Waals surface area contributed by atoms with Crippen LogP contribution in [0.2, 0.25) is 0 Å². The third-order valence-electron chi connectivity index (χ3n) is 5.82. The molecule has 1 unspecified atom stereocenters. The van der Waals surface area contributed by atoms with Crippen LogP contribution in [0.15, 0.2) is 0 Å². The molecule has 0 spiro atoms. The molecule has 0 aromatic carbocycles. The van der Waals surface area contributed by atoms with Gasteiger partial charge in [0.25, 0.3) is 0 Å². The summed E-state index contributed by atoms with van der Waals surface area (Å²) in [6, 6.07) is 0.105. The van der Waals surface area contributed by atoms with E-state index in [-0.39, 0.29) is 11.5 Å². The first-order valence-corrected chi connectivity index (χ1v) is 8.51. The molecule has 4 aliphatic rings. The van der Waals surface area contributed by atoms with E-state index < -0.39 is 0 Å². The molecule has 4 saturated carbocycles. The minimum atomic E-state index is -0.0215. The molecule has 3 heteroatoms. The lowest BCUT2D eigenvalue weighted by atomic mass is 9.49. The Labute approximate surface area is 123 Å². The summed E-state index contributed by atoms with van der Waals surface area (Å²) in [6.45, 7) is 5.01. The van der Waals surface area contributed by atoms with E-state index in [0.717, 1.165) is 43.4 Å². The quantitative estimate of drug-likeness (QED) is 0.812. The predicted octanol–water partition coefficient (Wildman–Crippen LogP) is 2.69. The molecule has 0 aromatic heterocycles. The van der Waals surface area contributed by atoms with Crippen molar-refractivity contribution in [2.45, 2.75) is 64.8 Å². The van der Waals surface area contributed by atoms with Crippen molar-refractivity contribution >= 4 is 5.91 Å². The number of rotatable bonds is 5. The number of nitrogens with one attached hydrogen (secondary N) is 1. The van der Waals surface area contributed by atoms with Gasteiger partial charge in [-0.1, -0.05) is 13.8 Å². The molecule has 4 rings (SSSR count). The highest BCUT2D eigenvalue weighted by Gasteiger charge is 2.54. The second-order valence-corrected chi connectivity index (χ2v) is 8.30. The average Bonchev–Trinajstić information content (AvgIpc) is 2.33. The van der Waals surface area contributed by atoms with Gasteiger partial charge in [-0.2, -0.15) is 0 Å². The van der Waals surface area contributed by atoms with Gasteiger partial charge in [0, 0.05) is 18.0 Å². The van der Waals surface area contributed by atoms with Crippen molar-refractivity contribution in [2.24, 2.45) is 34.8 Å². The number of amides is 1. The van der Waals surface area contributed by atoms with Crippen LogP contribution in [-0.2, 0) is 4.79 Å². The van der Waals surface area contributed by atoms with Crippen LogP contribution in [0, 0.1) is 29.1 Å². The lowest BCUT2D eigenvalue weighted by Gasteiger charge is -2.55. The first kappa shape index (κ1) is 14.4. The van der Waals surface area contributed by atoms with E-state index in [0.29, 0.717) is 18.4 Å². The second kappa shape index (κ2) is 5.32. The SMILES string of the molecule is CC(C)CC(N)CNC(=O)C12CC3CC(CC(C3)C1)C2. The van der Waals surface area contributed by atoms with Crippen LogP contribution in [0.3, 0.4) is 0 Å². The molecule has 0 radical (unpaired) electrons. The summed E-state index contributed by atoms with van der Waals surface area (Å²) < 4.78 is 0. The van der Waals surface area contributed by atoms with Crippen molar-refractivity contribution in [1.82, 2.24) is 5.32 Å². The highest BCUT2D eigenvalue weighted by Crippen LogP contribution is 2.60. The third kappa shape index (κ3) is 2.74. The van der Waals surface area contributed by atoms with E-state index in [2.05, 4.69) is 19.2 Å². The fourth-order valence-electron chi connectivity index (χ4n) is 5.49. The molecule has 0 heterocycles. The van der Waals surface area contributed by atoms with Crippen molar-refractivity contribution in [3.8, 4) is 0 Å². The Bertz CT molecular complexity index is 342. The van der Waals surface area contributed by atoms with Gasteiger partial charge in [0.05, 0.1) is 0 Å². The van der Waals surface area contributed by atoms with E-state index in [9.17, 15) is 4.79 Å².